The van der Waals surface area contributed by atoms with Gasteiger partial charge < -0.3 is 10.6 Å². The number of amides is 2. The monoisotopic (exact) mass is 399 g/mol. The average molecular weight is 400 g/mol. The van der Waals surface area contributed by atoms with E-state index in [4.69, 9.17) is 0 Å². The van der Waals surface area contributed by atoms with Crippen LogP contribution in [0.2, 0.25) is 0 Å². The molecule has 0 spiro atoms. The number of benzene rings is 2. The van der Waals surface area contributed by atoms with Crippen molar-refractivity contribution in [2.45, 2.75) is 19.9 Å². The maximum absolute atomic E-state index is 12.3. The van der Waals surface area contributed by atoms with Gasteiger partial charge in [-0.2, -0.15) is 5.10 Å². The minimum absolute atomic E-state index is 0.115. The summed E-state index contributed by atoms with van der Waals surface area (Å²) in [4.78, 5) is 16.6. The molecule has 1 heterocycles. The lowest BCUT2D eigenvalue weighted by Gasteiger charge is -2.15. The minimum atomic E-state index is -0.268. The topological polar surface area (TPSA) is 82.7 Å². The Morgan fingerprint density at radius 1 is 1.20 bits per heavy atom. The van der Waals surface area contributed by atoms with Gasteiger partial charge in [0.05, 0.1) is 6.04 Å². The number of halogens is 1. The highest BCUT2D eigenvalue weighted by molar-refractivity contribution is 9.10. The van der Waals surface area contributed by atoms with E-state index in [9.17, 15) is 4.79 Å². The van der Waals surface area contributed by atoms with Crippen LogP contribution in [-0.2, 0) is 0 Å². The molecule has 0 aliphatic carbocycles. The van der Waals surface area contributed by atoms with Crippen LogP contribution in [0.5, 0.6) is 0 Å². The molecule has 128 valence electrons. The lowest BCUT2D eigenvalue weighted by molar-refractivity contribution is 0.249. The van der Waals surface area contributed by atoms with Crippen molar-refractivity contribution in [1.29, 1.82) is 0 Å². The molecule has 0 saturated carbocycles. The molecule has 7 heteroatoms. The number of aromatic amines is 1. The van der Waals surface area contributed by atoms with Gasteiger partial charge in [-0.15, -0.1) is 0 Å². The van der Waals surface area contributed by atoms with Crippen molar-refractivity contribution in [3.8, 4) is 11.4 Å². The largest absolute Gasteiger partial charge is 0.331 e. The van der Waals surface area contributed by atoms with Crippen LogP contribution >= 0.6 is 15.9 Å². The predicted molar refractivity (Wildman–Crippen MR) is 101 cm³/mol. The zero-order valence-electron chi connectivity index (χ0n) is 13.9. The van der Waals surface area contributed by atoms with E-state index in [1.54, 1.807) is 0 Å². The molecule has 3 rings (SSSR count). The van der Waals surface area contributed by atoms with Crippen molar-refractivity contribution in [2.24, 2.45) is 0 Å². The third-order valence-electron chi connectivity index (χ3n) is 3.67. The van der Waals surface area contributed by atoms with Gasteiger partial charge in [0.15, 0.2) is 5.82 Å². The molecule has 0 radical (unpaired) electrons. The molecule has 6 nitrogen and oxygen atoms in total. The molecule has 0 saturated heterocycles. The van der Waals surface area contributed by atoms with Gasteiger partial charge in [0, 0.05) is 15.7 Å². The van der Waals surface area contributed by atoms with Gasteiger partial charge in [0.1, 0.15) is 5.82 Å². The summed E-state index contributed by atoms with van der Waals surface area (Å²) in [7, 11) is 0. The third-order valence-corrected chi connectivity index (χ3v) is 4.17. The van der Waals surface area contributed by atoms with Crippen molar-refractivity contribution in [3.63, 3.8) is 0 Å². The lowest BCUT2D eigenvalue weighted by Crippen LogP contribution is -2.31. The standard InChI is InChI=1S/C18H18BrN5O/c1-11(13-5-3-7-15(19)9-13)20-18(25)22-16-8-4-6-14(10-16)17-21-12(2)23-24-17/h3-11H,1-2H3,(H2,20,22,25)(H,21,23,24). The van der Waals surface area contributed by atoms with Crippen LogP contribution in [-0.4, -0.2) is 21.2 Å². The Balaban J connectivity index is 1.67. The van der Waals surface area contributed by atoms with Crippen LogP contribution in [0.4, 0.5) is 10.5 Å². The third kappa shape index (κ3) is 4.45. The number of hydrogen-bond acceptors (Lipinski definition) is 3. The Morgan fingerprint density at radius 3 is 2.72 bits per heavy atom. The van der Waals surface area contributed by atoms with Gasteiger partial charge in [0.25, 0.3) is 0 Å². The Bertz CT molecular complexity index is 892. The molecule has 0 aliphatic rings. The van der Waals surface area contributed by atoms with Gasteiger partial charge >= 0.3 is 6.03 Å². The number of carbonyl (C=O) groups excluding carboxylic acids is 1. The Hall–Kier alpha value is -2.67. The van der Waals surface area contributed by atoms with Crippen molar-refractivity contribution < 1.29 is 4.79 Å². The first-order chi connectivity index (χ1) is 12.0. The summed E-state index contributed by atoms with van der Waals surface area (Å²) in [5.74, 6) is 1.35. The van der Waals surface area contributed by atoms with Crippen molar-refractivity contribution >= 4 is 27.6 Å². The number of hydrogen-bond donors (Lipinski definition) is 3. The maximum atomic E-state index is 12.3. The zero-order chi connectivity index (χ0) is 17.8. The van der Waals surface area contributed by atoms with Crippen molar-refractivity contribution in [3.05, 3.63) is 64.4 Å². The molecule has 3 aromatic rings. The van der Waals surface area contributed by atoms with E-state index in [2.05, 4.69) is 41.7 Å². The summed E-state index contributed by atoms with van der Waals surface area (Å²) < 4.78 is 0.980. The normalized spacial score (nSPS) is 11.8. The summed E-state index contributed by atoms with van der Waals surface area (Å²) in [6.07, 6.45) is 0. The van der Waals surface area contributed by atoms with E-state index in [1.807, 2.05) is 62.4 Å². The highest BCUT2D eigenvalue weighted by Gasteiger charge is 2.11. The highest BCUT2D eigenvalue weighted by atomic mass is 79.9. The molecule has 0 bridgehead atoms. The quantitative estimate of drug-likeness (QED) is 0.606. The van der Waals surface area contributed by atoms with E-state index < -0.39 is 0 Å². The molecule has 3 N–H and O–H groups in total. The number of H-pyrrole nitrogens is 1. The number of rotatable bonds is 4. The Labute approximate surface area is 154 Å². The molecule has 0 aliphatic heterocycles. The van der Waals surface area contributed by atoms with E-state index in [-0.39, 0.29) is 12.1 Å². The first kappa shape index (κ1) is 17.2. The zero-order valence-corrected chi connectivity index (χ0v) is 15.5. The van der Waals surface area contributed by atoms with Crippen molar-refractivity contribution in [2.75, 3.05) is 5.32 Å². The first-order valence-corrected chi connectivity index (χ1v) is 8.63. The molecule has 1 atom stereocenters. The molecular formula is C18H18BrN5O. The Morgan fingerprint density at radius 2 is 2.00 bits per heavy atom. The van der Waals surface area contributed by atoms with Gasteiger partial charge in [-0.05, 0) is 43.7 Å². The van der Waals surface area contributed by atoms with Gasteiger partial charge in [-0.3, -0.25) is 5.10 Å². The molecule has 2 amide bonds. The summed E-state index contributed by atoms with van der Waals surface area (Å²) >= 11 is 3.44. The second-order valence-electron chi connectivity index (χ2n) is 5.70. The molecule has 2 aromatic carbocycles. The number of carbonyl (C=O) groups is 1. The first-order valence-electron chi connectivity index (χ1n) is 7.83. The molecular weight excluding hydrogens is 382 g/mol. The number of nitrogens with one attached hydrogen (secondary N) is 3. The lowest BCUT2D eigenvalue weighted by atomic mass is 10.1. The predicted octanol–water partition coefficient (Wildman–Crippen LogP) is 4.43. The molecule has 1 aromatic heterocycles. The molecule has 0 fully saturated rings. The summed E-state index contributed by atoms with van der Waals surface area (Å²) in [5, 5.41) is 12.7. The summed E-state index contributed by atoms with van der Waals surface area (Å²) in [6, 6.07) is 14.9. The average Bonchev–Trinajstić information content (AvgIpc) is 3.01. The molecule has 1 unspecified atom stereocenters. The van der Waals surface area contributed by atoms with Crippen LogP contribution in [0, 0.1) is 6.92 Å². The SMILES string of the molecule is Cc1nc(-c2cccc(NC(=O)NC(C)c3cccc(Br)c3)c2)n[nH]1. The van der Waals surface area contributed by atoms with Gasteiger partial charge in [-0.1, -0.05) is 40.2 Å². The van der Waals surface area contributed by atoms with E-state index >= 15 is 0 Å². The number of urea groups is 1. The van der Waals surface area contributed by atoms with E-state index in [0.29, 0.717) is 11.5 Å². The van der Waals surface area contributed by atoms with Crippen LogP contribution in [0.15, 0.2) is 53.0 Å². The minimum Gasteiger partial charge on any atom is -0.331 e. The van der Waals surface area contributed by atoms with Crippen LogP contribution < -0.4 is 10.6 Å². The number of aryl methyl sites for hydroxylation is 1. The summed E-state index contributed by atoms with van der Waals surface area (Å²) in [5.41, 5.74) is 2.54. The van der Waals surface area contributed by atoms with Crippen LogP contribution in [0.3, 0.4) is 0 Å². The number of anilines is 1. The molecule has 25 heavy (non-hydrogen) atoms. The summed E-state index contributed by atoms with van der Waals surface area (Å²) in [6.45, 7) is 3.78. The second kappa shape index (κ2) is 7.48. The fourth-order valence-corrected chi connectivity index (χ4v) is 2.85. The van der Waals surface area contributed by atoms with E-state index in [1.165, 1.54) is 0 Å². The fourth-order valence-electron chi connectivity index (χ4n) is 2.43. The van der Waals surface area contributed by atoms with Crippen molar-refractivity contribution in [1.82, 2.24) is 20.5 Å². The van der Waals surface area contributed by atoms with Crippen LogP contribution in [0.1, 0.15) is 24.4 Å². The highest BCUT2D eigenvalue weighted by Crippen LogP contribution is 2.20. The van der Waals surface area contributed by atoms with Gasteiger partial charge in [0.2, 0.25) is 0 Å². The fraction of sp³-hybridized carbons (Fsp3) is 0.167. The van der Waals surface area contributed by atoms with Crippen LogP contribution in [0.25, 0.3) is 11.4 Å². The number of aromatic nitrogens is 3. The Kier molecular flexibility index (Phi) is 5.14. The van der Waals surface area contributed by atoms with E-state index in [0.717, 1.165) is 21.4 Å². The van der Waals surface area contributed by atoms with Gasteiger partial charge in [-0.25, -0.2) is 9.78 Å². The maximum Gasteiger partial charge on any atom is 0.319 e. The number of nitrogens with zero attached hydrogens (tertiary/aromatic N) is 2. The second-order valence-corrected chi connectivity index (χ2v) is 6.62. The smallest absolute Gasteiger partial charge is 0.319 e.